The maximum atomic E-state index is 5.41. The number of nitrogens with zero attached hydrogens (tertiary/aromatic N) is 3. The van der Waals surface area contributed by atoms with Crippen LogP contribution in [0.5, 0.6) is 0 Å². The van der Waals surface area contributed by atoms with Gasteiger partial charge in [0.25, 0.3) is 0 Å². The molecule has 0 atom stereocenters. The number of nitrogens with two attached hydrogens (primary N) is 1. The Morgan fingerprint density at radius 2 is 2.21 bits per heavy atom. The predicted molar refractivity (Wildman–Crippen MR) is 55.9 cm³/mol. The van der Waals surface area contributed by atoms with E-state index in [-0.39, 0.29) is 0 Å². The second kappa shape index (κ2) is 4.01. The number of hydrogen-bond acceptors (Lipinski definition) is 6. The summed E-state index contributed by atoms with van der Waals surface area (Å²) in [6, 6.07) is 0. The minimum Gasteiger partial charge on any atom is -0.382 e. The zero-order valence-corrected chi connectivity index (χ0v) is 8.16. The molecule has 3 N–H and O–H groups in total. The molecule has 0 amide bonds. The predicted octanol–water partition coefficient (Wildman–Crippen LogP) is 1.13. The quantitative estimate of drug-likeness (QED) is 0.788. The van der Waals surface area contributed by atoms with E-state index in [1.165, 1.54) is 6.20 Å². The molecule has 0 aromatic carbocycles. The van der Waals surface area contributed by atoms with E-state index in [2.05, 4.69) is 20.3 Å². The number of anilines is 2. The highest BCUT2D eigenvalue weighted by Crippen LogP contribution is 2.05. The summed E-state index contributed by atoms with van der Waals surface area (Å²) < 4.78 is 0. The number of hydrogen-bond donors (Lipinski definition) is 2. The third-order valence-electron chi connectivity index (χ3n) is 1.61. The fourth-order valence-corrected chi connectivity index (χ4v) is 1.49. The van der Waals surface area contributed by atoms with Gasteiger partial charge in [0.2, 0.25) is 0 Å². The first-order chi connectivity index (χ1) is 6.84. The number of nitrogen functional groups attached to an aromatic ring is 1. The van der Waals surface area contributed by atoms with Gasteiger partial charge in [-0.15, -0.1) is 11.3 Å². The second-order valence-corrected chi connectivity index (χ2v) is 3.38. The Labute approximate surface area is 85.0 Å². The molecule has 6 heteroatoms. The van der Waals surface area contributed by atoms with Crippen molar-refractivity contribution in [1.29, 1.82) is 0 Å². The van der Waals surface area contributed by atoms with Gasteiger partial charge in [-0.2, -0.15) is 0 Å². The molecule has 0 aliphatic rings. The summed E-state index contributed by atoms with van der Waals surface area (Å²) in [4.78, 5) is 12.1. The lowest BCUT2D eigenvalue weighted by Crippen LogP contribution is -2.02. The molecule has 0 bridgehead atoms. The van der Waals surface area contributed by atoms with E-state index in [4.69, 9.17) is 5.73 Å². The Kier molecular flexibility index (Phi) is 2.55. The molecule has 72 valence electrons. The molecule has 2 aromatic rings. The molecule has 5 nitrogen and oxygen atoms in total. The molecule has 0 saturated heterocycles. The van der Waals surface area contributed by atoms with Gasteiger partial charge in [0.15, 0.2) is 0 Å². The van der Waals surface area contributed by atoms with Crippen molar-refractivity contribution in [3.05, 3.63) is 29.0 Å². The molecule has 0 spiro atoms. The van der Waals surface area contributed by atoms with Crippen LogP contribution in [0.4, 0.5) is 11.6 Å². The van der Waals surface area contributed by atoms with Crippen LogP contribution in [0, 0.1) is 0 Å². The Balaban J connectivity index is 1.95. The summed E-state index contributed by atoms with van der Waals surface area (Å²) in [7, 11) is 0. The zero-order valence-electron chi connectivity index (χ0n) is 7.34. The van der Waals surface area contributed by atoms with Crippen molar-refractivity contribution in [1.82, 2.24) is 15.0 Å². The molecule has 2 rings (SSSR count). The van der Waals surface area contributed by atoms with Crippen molar-refractivity contribution in [2.24, 2.45) is 0 Å². The van der Waals surface area contributed by atoms with Crippen molar-refractivity contribution >= 4 is 23.0 Å². The molecule has 2 heterocycles. The van der Waals surface area contributed by atoms with E-state index in [0.29, 0.717) is 18.2 Å². The number of rotatable bonds is 3. The van der Waals surface area contributed by atoms with Gasteiger partial charge >= 0.3 is 0 Å². The number of thiazole rings is 1. The van der Waals surface area contributed by atoms with Crippen LogP contribution in [0.15, 0.2) is 23.3 Å². The second-order valence-electron chi connectivity index (χ2n) is 2.66. The fourth-order valence-electron chi connectivity index (χ4n) is 0.935. The van der Waals surface area contributed by atoms with Crippen molar-refractivity contribution in [3.63, 3.8) is 0 Å². The molecule has 0 radical (unpaired) electrons. The van der Waals surface area contributed by atoms with Crippen LogP contribution in [0.1, 0.15) is 5.69 Å². The maximum absolute atomic E-state index is 5.41. The van der Waals surface area contributed by atoms with E-state index in [9.17, 15) is 0 Å². The van der Waals surface area contributed by atoms with E-state index in [0.717, 1.165) is 5.69 Å². The van der Waals surface area contributed by atoms with E-state index < -0.39 is 0 Å². The smallest absolute Gasteiger partial charge is 0.144 e. The number of nitrogens with one attached hydrogen (secondary N) is 1. The highest BCUT2D eigenvalue weighted by molar-refractivity contribution is 7.07. The van der Waals surface area contributed by atoms with E-state index >= 15 is 0 Å². The normalized spacial score (nSPS) is 10.0. The summed E-state index contributed by atoms with van der Waals surface area (Å²) in [6.45, 7) is 0.655. The highest BCUT2D eigenvalue weighted by atomic mass is 32.1. The standard InChI is InChI=1S/C8H9N5S/c9-7-2-12-8(3-10-7)11-1-6-4-14-5-13-6/h2-5H,1H2,(H2,9,10)(H,11,12). The van der Waals surface area contributed by atoms with Gasteiger partial charge in [0, 0.05) is 5.38 Å². The largest absolute Gasteiger partial charge is 0.382 e. The molecule has 0 saturated carbocycles. The number of aromatic nitrogens is 3. The molecule has 0 unspecified atom stereocenters. The summed E-state index contributed by atoms with van der Waals surface area (Å²) in [5.41, 5.74) is 8.20. The molecule has 2 aromatic heterocycles. The van der Waals surface area contributed by atoms with Crippen LogP contribution in [0.25, 0.3) is 0 Å². The molecule has 14 heavy (non-hydrogen) atoms. The SMILES string of the molecule is Nc1cnc(NCc2cscn2)cn1. The van der Waals surface area contributed by atoms with Gasteiger partial charge in [-0.1, -0.05) is 0 Å². The first-order valence-corrected chi connectivity index (χ1v) is 4.97. The van der Waals surface area contributed by atoms with Crippen LogP contribution in [0.3, 0.4) is 0 Å². The average molecular weight is 207 g/mol. The van der Waals surface area contributed by atoms with Crippen molar-refractivity contribution < 1.29 is 0 Å². The summed E-state index contributed by atoms with van der Waals surface area (Å²) in [5, 5.41) is 5.07. The van der Waals surface area contributed by atoms with Gasteiger partial charge < -0.3 is 11.1 Å². The van der Waals surface area contributed by atoms with Crippen LogP contribution in [-0.4, -0.2) is 15.0 Å². The third-order valence-corrected chi connectivity index (χ3v) is 2.24. The van der Waals surface area contributed by atoms with Gasteiger partial charge in [0.1, 0.15) is 11.6 Å². The summed E-state index contributed by atoms with van der Waals surface area (Å²) in [6.07, 6.45) is 3.12. The first kappa shape index (κ1) is 8.89. The fraction of sp³-hybridized carbons (Fsp3) is 0.125. The zero-order chi connectivity index (χ0) is 9.80. The minimum atomic E-state index is 0.421. The first-order valence-electron chi connectivity index (χ1n) is 4.03. The molecular weight excluding hydrogens is 198 g/mol. The lowest BCUT2D eigenvalue weighted by molar-refractivity contribution is 1.04. The van der Waals surface area contributed by atoms with Gasteiger partial charge in [-0.05, 0) is 0 Å². The van der Waals surface area contributed by atoms with Crippen molar-refractivity contribution in [2.75, 3.05) is 11.1 Å². The lowest BCUT2D eigenvalue weighted by Gasteiger charge is -2.02. The molecule has 0 aliphatic heterocycles. The van der Waals surface area contributed by atoms with Crippen LogP contribution in [-0.2, 0) is 6.54 Å². The van der Waals surface area contributed by atoms with Gasteiger partial charge in [-0.25, -0.2) is 15.0 Å². The Hall–Kier alpha value is -1.69. The van der Waals surface area contributed by atoms with Gasteiger partial charge in [-0.3, -0.25) is 0 Å². The Bertz CT molecular complexity index is 383. The lowest BCUT2D eigenvalue weighted by atomic mass is 10.5. The average Bonchev–Trinajstić information content (AvgIpc) is 2.70. The monoisotopic (exact) mass is 207 g/mol. The Morgan fingerprint density at radius 3 is 2.86 bits per heavy atom. The van der Waals surface area contributed by atoms with Crippen molar-refractivity contribution in [2.45, 2.75) is 6.54 Å². The van der Waals surface area contributed by atoms with Crippen molar-refractivity contribution in [3.8, 4) is 0 Å². The van der Waals surface area contributed by atoms with E-state index in [1.807, 2.05) is 5.38 Å². The van der Waals surface area contributed by atoms with Crippen LogP contribution >= 0.6 is 11.3 Å². The Morgan fingerprint density at radius 1 is 1.29 bits per heavy atom. The third kappa shape index (κ3) is 2.17. The molecular formula is C8H9N5S. The van der Waals surface area contributed by atoms with E-state index in [1.54, 1.807) is 23.0 Å². The summed E-state index contributed by atoms with van der Waals surface area (Å²) >= 11 is 1.57. The summed E-state index contributed by atoms with van der Waals surface area (Å²) in [5.74, 6) is 1.12. The van der Waals surface area contributed by atoms with Gasteiger partial charge in [0.05, 0.1) is 30.1 Å². The molecule has 0 aliphatic carbocycles. The highest BCUT2D eigenvalue weighted by Gasteiger charge is 1.96. The topological polar surface area (TPSA) is 76.7 Å². The van der Waals surface area contributed by atoms with Crippen LogP contribution in [0.2, 0.25) is 0 Å². The minimum absolute atomic E-state index is 0.421. The maximum Gasteiger partial charge on any atom is 0.144 e. The van der Waals surface area contributed by atoms with Crippen LogP contribution < -0.4 is 11.1 Å². The molecule has 0 fully saturated rings.